The molecule has 1 aliphatic heterocycles. The van der Waals surface area contributed by atoms with Crippen molar-refractivity contribution in [3.05, 3.63) is 54.6 Å². The lowest BCUT2D eigenvalue weighted by Gasteiger charge is -2.22. The van der Waals surface area contributed by atoms with Gasteiger partial charge in [-0.1, -0.05) is 18.2 Å². The van der Waals surface area contributed by atoms with Crippen LogP contribution < -0.4 is 21.0 Å². The van der Waals surface area contributed by atoms with Crippen LogP contribution in [0.3, 0.4) is 0 Å². The summed E-state index contributed by atoms with van der Waals surface area (Å²) in [6.07, 6.45) is 2.17. The van der Waals surface area contributed by atoms with E-state index in [0.29, 0.717) is 17.1 Å². The van der Waals surface area contributed by atoms with Gasteiger partial charge in [-0.25, -0.2) is 9.59 Å². The molecule has 0 aromatic heterocycles. The van der Waals surface area contributed by atoms with Crippen LogP contribution in [0.5, 0.6) is 0 Å². The number of para-hydroxylation sites is 1. The van der Waals surface area contributed by atoms with Crippen LogP contribution >= 0.6 is 0 Å². The zero-order valence-corrected chi connectivity index (χ0v) is 17.7. The van der Waals surface area contributed by atoms with Gasteiger partial charge in [-0.3, -0.25) is 9.80 Å². The average Bonchev–Trinajstić information content (AvgIpc) is 3.48. The minimum Gasteiger partial charge on any atom is -0.461 e. The van der Waals surface area contributed by atoms with Crippen LogP contribution in [0.25, 0.3) is 0 Å². The Balaban J connectivity index is 1.42. The molecule has 1 saturated carbocycles. The first kappa shape index (κ1) is 21.4. The maximum Gasteiger partial charge on any atom is 0.354 e. The first-order valence-electron chi connectivity index (χ1n) is 10.6. The number of carbonyl (C=O) groups is 3. The number of esters is 1. The number of hydrogen-bond acceptors (Lipinski definition) is 6. The summed E-state index contributed by atoms with van der Waals surface area (Å²) >= 11 is 0. The highest BCUT2D eigenvalue weighted by atomic mass is 16.5. The minimum absolute atomic E-state index is 0.139. The molecule has 1 unspecified atom stereocenters. The summed E-state index contributed by atoms with van der Waals surface area (Å²) in [5, 5.41) is 14.4. The Morgan fingerprint density at radius 3 is 2.28 bits per heavy atom. The summed E-state index contributed by atoms with van der Waals surface area (Å²) in [6, 6.07) is 15.4. The van der Waals surface area contributed by atoms with E-state index in [2.05, 4.69) is 21.1 Å². The maximum atomic E-state index is 13.1. The molecule has 9 nitrogen and oxygen atoms in total. The number of nitrogens with one attached hydrogen (secondary N) is 3. The SMILES string of the molecule is CCOC(=O)C1=NN(c2ccccc2)C(C(=O)Nc2ccc(NC(=O)NC3CC3)cc2)C1. The molecule has 166 valence electrons. The second-order valence-corrected chi connectivity index (χ2v) is 7.61. The summed E-state index contributed by atoms with van der Waals surface area (Å²) in [5.41, 5.74) is 2.10. The predicted molar refractivity (Wildman–Crippen MR) is 122 cm³/mol. The van der Waals surface area contributed by atoms with Gasteiger partial charge in [0.2, 0.25) is 5.91 Å². The van der Waals surface area contributed by atoms with Crippen molar-refractivity contribution in [3.63, 3.8) is 0 Å². The van der Waals surface area contributed by atoms with Crippen LogP contribution in [0.2, 0.25) is 0 Å². The Morgan fingerprint density at radius 1 is 1.00 bits per heavy atom. The number of urea groups is 1. The average molecular weight is 435 g/mol. The van der Waals surface area contributed by atoms with Crippen LogP contribution in [0, 0.1) is 0 Å². The van der Waals surface area contributed by atoms with Crippen LogP contribution in [0.4, 0.5) is 21.9 Å². The Hall–Kier alpha value is -3.88. The molecule has 2 aromatic rings. The highest BCUT2D eigenvalue weighted by molar-refractivity contribution is 6.38. The lowest BCUT2D eigenvalue weighted by molar-refractivity contribution is -0.135. The first-order chi connectivity index (χ1) is 15.5. The topological polar surface area (TPSA) is 112 Å². The molecule has 32 heavy (non-hydrogen) atoms. The van der Waals surface area contributed by atoms with Crippen molar-refractivity contribution in [3.8, 4) is 0 Å². The van der Waals surface area contributed by atoms with E-state index >= 15 is 0 Å². The quantitative estimate of drug-likeness (QED) is 0.579. The summed E-state index contributed by atoms with van der Waals surface area (Å²) < 4.78 is 5.06. The van der Waals surface area contributed by atoms with E-state index in [-0.39, 0.29) is 36.7 Å². The van der Waals surface area contributed by atoms with Gasteiger partial charge in [0, 0.05) is 23.8 Å². The lowest BCUT2D eigenvalue weighted by atomic mass is 10.1. The van der Waals surface area contributed by atoms with Gasteiger partial charge in [0.1, 0.15) is 11.8 Å². The van der Waals surface area contributed by atoms with Gasteiger partial charge < -0.3 is 20.7 Å². The molecule has 3 N–H and O–H groups in total. The van der Waals surface area contributed by atoms with E-state index in [1.54, 1.807) is 36.2 Å². The number of ether oxygens (including phenoxy) is 1. The zero-order valence-electron chi connectivity index (χ0n) is 17.7. The smallest absolute Gasteiger partial charge is 0.354 e. The third kappa shape index (κ3) is 5.23. The highest BCUT2D eigenvalue weighted by Gasteiger charge is 2.36. The second kappa shape index (κ2) is 9.51. The Bertz CT molecular complexity index is 1020. The molecule has 1 atom stereocenters. The molecule has 0 bridgehead atoms. The van der Waals surface area contributed by atoms with Gasteiger partial charge in [0.25, 0.3) is 0 Å². The van der Waals surface area contributed by atoms with Crippen molar-refractivity contribution in [2.75, 3.05) is 22.2 Å². The van der Waals surface area contributed by atoms with Gasteiger partial charge >= 0.3 is 12.0 Å². The van der Waals surface area contributed by atoms with Gasteiger partial charge in [-0.15, -0.1) is 0 Å². The van der Waals surface area contributed by atoms with Crippen molar-refractivity contribution in [2.24, 2.45) is 5.10 Å². The fraction of sp³-hybridized carbons (Fsp3) is 0.304. The second-order valence-electron chi connectivity index (χ2n) is 7.61. The van der Waals surface area contributed by atoms with Crippen molar-refractivity contribution in [1.82, 2.24) is 5.32 Å². The number of hydrazone groups is 1. The first-order valence-corrected chi connectivity index (χ1v) is 10.6. The van der Waals surface area contributed by atoms with Crippen LogP contribution in [-0.4, -0.2) is 42.3 Å². The molecule has 4 rings (SSSR count). The summed E-state index contributed by atoms with van der Waals surface area (Å²) in [6.45, 7) is 1.96. The summed E-state index contributed by atoms with van der Waals surface area (Å²) in [5.74, 6) is -0.826. The highest BCUT2D eigenvalue weighted by Crippen LogP contribution is 2.26. The Kier molecular flexibility index (Phi) is 6.34. The van der Waals surface area contributed by atoms with Gasteiger partial charge in [0.05, 0.1) is 12.3 Å². The van der Waals surface area contributed by atoms with E-state index in [0.717, 1.165) is 12.8 Å². The van der Waals surface area contributed by atoms with E-state index in [1.165, 1.54) is 0 Å². The van der Waals surface area contributed by atoms with Gasteiger partial charge in [-0.2, -0.15) is 5.10 Å². The predicted octanol–water partition coefficient (Wildman–Crippen LogP) is 3.11. The molecule has 0 spiro atoms. The maximum absolute atomic E-state index is 13.1. The standard InChI is InChI=1S/C23H25N5O4/c1-2-32-22(30)19-14-20(28(27-19)18-6-4-3-5-7-18)21(29)24-15-8-10-16(11-9-15)25-23(31)26-17-12-13-17/h3-11,17,20H,2,12-14H2,1H3,(H,24,29)(H2,25,26,31). The van der Waals surface area contributed by atoms with Crippen molar-refractivity contribution in [2.45, 2.75) is 38.3 Å². The minimum atomic E-state index is -0.695. The number of carbonyl (C=O) groups excluding carboxylic acids is 3. The van der Waals surface area contributed by atoms with Crippen molar-refractivity contribution >= 4 is 40.7 Å². The van der Waals surface area contributed by atoms with Gasteiger partial charge in [-0.05, 0) is 56.2 Å². The molecular formula is C23H25N5O4. The summed E-state index contributed by atoms with van der Waals surface area (Å²) in [4.78, 5) is 37.1. The number of rotatable bonds is 7. The molecule has 3 amide bonds. The molecule has 1 heterocycles. The van der Waals surface area contributed by atoms with Gasteiger partial charge in [0.15, 0.2) is 0 Å². The van der Waals surface area contributed by atoms with E-state index in [9.17, 15) is 14.4 Å². The molecule has 1 fully saturated rings. The molecule has 0 saturated heterocycles. The fourth-order valence-electron chi connectivity index (χ4n) is 3.31. The zero-order chi connectivity index (χ0) is 22.5. The molecule has 2 aliphatic rings. The van der Waals surface area contributed by atoms with E-state index < -0.39 is 12.0 Å². The van der Waals surface area contributed by atoms with Crippen molar-refractivity contribution < 1.29 is 19.1 Å². The normalized spacial score (nSPS) is 17.3. The number of nitrogens with zero attached hydrogens (tertiary/aromatic N) is 2. The lowest BCUT2D eigenvalue weighted by Crippen LogP contribution is -2.38. The van der Waals surface area contributed by atoms with E-state index in [4.69, 9.17) is 4.74 Å². The Morgan fingerprint density at radius 2 is 1.66 bits per heavy atom. The third-order valence-corrected chi connectivity index (χ3v) is 5.07. The molecule has 0 radical (unpaired) electrons. The molecule has 1 aliphatic carbocycles. The number of anilines is 3. The van der Waals surface area contributed by atoms with E-state index in [1.807, 2.05) is 30.3 Å². The summed E-state index contributed by atoms with van der Waals surface area (Å²) in [7, 11) is 0. The fourth-order valence-corrected chi connectivity index (χ4v) is 3.31. The largest absolute Gasteiger partial charge is 0.461 e. The molecule has 2 aromatic carbocycles. The number of hydrogen-bond donors (Lipinski definition) is 3. The third-order valence-electron chi connectivity index (χ3n) is 5.07. The number of amides is 3. The Labute approximate surface area is 185 Å². The molecule has 9 heteroatoms. The molecular weight excluding hydrogens is 410 g/mol. The monoisotopic (exact) mass is 435 g/mol. The van der Waals surface area contributed by atoms with Crippen LogP contribution in [0.1, 0.15) is 26.2 Å². The van der Waals surface area contributed by atoms with Crippen molar-refractivity contribution in [1.29, 1.82) is 0 Å². The van der Waals surface area contributed by atoms with Crippen LogP contribution in [-0.2, 0) is 14.3 Å². The van der Waals surface area contributed by atoms with Crippen LogP contribution in [0.15, 0.2) is 59.7 Å². The number of benzene rings is 2.